The van der Waals surface area contributed by atoms with Crippen LogP contribution in [0.25, 0.3) is 11.1 Å². The van der Waals surface area contributed by atoms with Gasteiger partial charge in [-0.05, 0) is 12.1 Å². The molecule has 0 radical (unpaired) electrons. The Morgan fingerprint density at radius 3 is 2.90 bits per heavy atom. The van der Waals surface area contributed by atoms with Crippen LogP contribution < -0.4 is 16.5 Å². The summed E-state index contributed by atoms with van der Waals surface area (Å²) < 4.78 is 4.90. The van der Waals surface area contributed by atoms with E-state index in [1.807, 2.05) is 0 Å². The van der Waals surface area contributed by atoms with E-state index < -0.39 is 11.7 Å². The number of carbonyl (C=O) groups excluding carboxylic acids is 2. The van der Waals surface area contributed by atoms with E-state index in [0.717, 1.165) is 0 Å². The highest BCUT2D eigenvalue weighted by Crippen LogP contribution is 2.16. The third-order valence-corrected chi connectivity index (χ3v) is 2.85. The van der Waals surface area contributed by atoms with Crippen molar-refractivity contribution < 1.29 is 14.0 Å². The summed E-state index contributed by atoms with van der Waals surface area (Å²) in [6.07, 6.45) is 0.525. The van der Waals surface area contributed by atoms with E-state index in [4.69, 9.17) is 4.42 Å². The molecular formula is C12H10N4O4. The minimum atomic E-state index is -0.553. The van der Waals surface area contributed by atoms with Crippen LogP contribution in [0.1, 0.15) is 12.8 Å². The van der Waals surface area contributed by atoms with Crippen LogP contribution in [0.4, 0.5) is 5.69 Å². The van der Waals surface area contributed by atoms with Gasteiger partial charge in [-0.2, -0.15) is 5.10 Å². The fraction of sp³-hybridized carbons (Fsp3) is 0.167. The van der Waals surface area contributed by atoms with Gasteiger partial charge >= 0.3 is 5.76 Å². The third-order valence-electron chi connectivity index (χ3n) is 2.85. The number of aromatic amines is 1. The zero-order valence-corrected chi connectivity index (χ0v) is 10.2. The second-order valence-electron chi connectivity index (χ2n) is 4.27. The van der Waals surface area contributed by atoms with Crippen LogP contribution in [0, 0.1) is 0 Å². The number of nitrogens with one attached hydrogen (secondary N) is 3. The van der Waals surface area contributed by atoms with Crippen molar-refractivity contribution in [3.63, 3.8) is 0 Å². The number of H-pyrrole nitrogens is 1. The van der Waals surface area contributed by atoms with Crippen LogP contribution in [0.2, 0.25) is 0 Å². The van der Waals surface area contributed by atoms with Crippen molar-refractivity contribution in [3.8, 4) is 0 Å². The van der Waals surface area contributed by atoms with E-state index in [9.17, 15) is 14.4 Å². The largest absolute Gasteiger partial charge is 0.417 e. The van der Waals surface area contributed by atoms with Crippen LogP contribution >= 0.6 is 0 Å². The van der Waals surface area contributed by atoms with Gasteiger partial charge in [-0.3, -0.25) is 14.6 Å². The summed E-state index contributed by atoms with van der Waals surface area (Å²) in [6, 6.07) is 4.79. The molecule has 0 bridgehead atoms. The van der Waals surface area contributed by atoms with Gasteiger partial charge in [-0.25, -0.2) is 10.2 Å². The second-order valence-corrected chi connectivity index (χ2v) is 4.27. The Morgan fingerprint density at radius 2 is 2.15 bits per heavy atom. The molecule has 0 aliphatic carbocycles. The Labute approximate surface area is 111 Å². The molecule has 1 aromatic heterocycles. The molecule has 8 nitrogen and oxygen atoms in total. The van der Waals surface area contributed by atoms with E-state index >= 15 is 0 Å². The van der Waals surface area contributed by atoms with Crippen LogP contribution in [-0.4, -0.2) is 22.5 Å². The number of aromatic nitrogens is 1. The number of rotatable bonds is 2. The highest BCUT2D eigenvalue weighted by atomic mass is 16.4. The van der Waals surface area contributed by atoms with Gasteiger partial charge in [0.15, 0.2) is 5.58 Å². The maximum absolute atomic E-state index is 11.9. The molecule has 0 atom stereocenters. The summed E-state index contributed by atoms with van der Waals surface area (Å²) in [4.78, 5) is 36.4. The molecule has 3 rings (SSSR count). The molecule has 0 saturated heterocycles. The molecule has 1 aliphatic rings. The van der Waals surface area contributed by atoms with Crippen molar-refractivity contribution in [3.05, 3.63) is 28.7 Å². The van der Waals surface area contributed by atoms with Crippen molar-refractivity contribution in [2.24, 2.45) is 5.10 Å². The second kappa shape index (κ2) is 4.65. The highest BCUT2D eigenvalue weighted by molar-refractivity contribution is 6.43. The number of oxazole rings is 1. The summed E-state index contributed by atoms with van der Waals surface area (Å²) >= 11 is 0. The Balaban J connectivity index is 1.80. The first-order valence-corrected chi connectivity index (χ1v) is 5.91. The molecule has 2 heterocycles. The maximum atomic E-state index is 11.9. The lowest BCUT2D eigenvalue weighted by molar-refractivity contribution is -0.121. The maximum Gasteiger partial charge on any atom is 0.417 e. The van der Waals surface area contributed by atoms with E-state index in [0.29, 0.717) is 23.2 Å². The molecule has 0 saturated carbocycles. The van der Waals surface area contributed by atoms with Gasteiger partial charge in [-0.1, -0.05) is 0 Å². The molecular weight excluding hydrogens is 264 g/mol. The van der Waals surface area contributed by atoms with Gasteiger partial charge in [0.25, 0.3) is 5.91 Å². The zero-order chi connectivity index (χ0) is 14.1. The molecule has 1 aliphatic heterocycles. The molecule has 3 N–H and O–H groups in total. The summed E-state index contributed by atoms with van der Waals surface area (Å²) in [7, 11) is 0. The minimum absolute atomic E-state index is 0.211. The van der Waals surface area contributed by atoms with E-state index in [-0.39, 0.29) is 18.0 Å². The van der Waals surface area contributed by atoms with E-state index in [2.05, 4.69) is 20.8 Å². The average molecular weight is 274 g/mol. The quantitative estimate of drug-likeness (QED) is 0.731. The van der Waals surface area contributed by atoms with Crippen LogP contribution in [0.3, 0.4) is 0 Å². The first kappa shape index (κ1) is 12.2. The summed E-state index contributed by atoms with van der Waals surface area (Å²) in [5.74, 6) is -1.16. The number of amides is 2. The summed E-state index contributed by atoms with van der Waals surface area (Å²) in [5, 5.41) is 6.33. The number of hydrogen-bond acceptors (Lipinski definition) is 5. The number of benzene rings is 1. The average Bonchev–Trinajstić information content (AvgIpc) is 2.78. The Hall–Kier alpha value is -2.90. The number of fused-ring (bicyclic) bond motifs is 1. The fourth-order valence-electron chi connectivity index (χ4n) is 1.86. The predicted molar refractivity (Wildman–Crippen MR) is 70.3 cm³/mol. The summed E-state index contributed by atoms with van der Waals surface area (Å²) in [5.41, 5.74) is 3.89. The lowest BCUT2D eigenvalue weighted by Crippen LogP contribution is -2.32. The van der Waals surface area contributed by atoms with Crippen molar-refractivity contribution in [2.75, 3.05) is 5.32 Å². The molecule has 2 amide bonds. The Kier molecular flexibility index (Phi) is 2.82. The molecule has 2 aromatic rings. The SMILES string of the molecule is O=C1CCC(C(=O)Nc2ccc3[nH]c(=O)oc3c2)=NN1. The monoisotopic (exact) mass is 274 g/mol. The van der Waals surface area contributed by atoms with Gasteiger partial charge in [0, 0.05) is 24.6 Å². The molecule has 0 fully saturated rings. The van der Waals surface area contributed by atoms with Gasteiger partial charge in [-0.15, -0.1) is 0 Å². The number of anilines is 1. The van der Waals surface area contributed by atoms with E-state index in [1.165, 1.54) is 6.07 Å². The Bertz CT molecular complexity index is 786. The van der Waals surface area contributed by atoms with Crippen LogP contribution in [-0.2, 0) is 9.59 Å². The molecule has 102 valence electrons. The van der Waals surface area contributed by atoms with Crippen molar-refractivity contribution >= 4 is 34.3 Å². The molecule has 8 heteroatoms. The highest BCUT2D eigenvalue weighted by Gasteiger charge is 2.18. The molecule has 1 aromatic carbocycles. The lowest BCUT2D eigenvalue weighted by Gasteiger charge is -2.11. The Morgan fingerprint density at radius 1 is 1.30 bits per heavy atom. The van der Waals surface area contributed by atoms with Gasteiger partial charge < -0.3 is 9.73 Å². The van der Waals surface area contributed by atoms with Crippen molar-refractivity contribution in [1.29, 1.82) is 0 Å². The van der Waals surface area contributed by atoms with E-state index in [1.54, 1.807) is 12.1 Å². The first-order chi connectivity index (χ1) is 9.61. The number of hydrazone groups is 1. The number of hydrogen-bond donors (Lipinski definition) is 3. The first-order valence-electron chi connectivity index (χ1n) is 5.91. The van der Waals surface area contributed by atoms with Crippen molar-refractivity contribution in [1.82, 2.24) is 10.4 Å². The van der Waals surface area contributed by atoms with Gasteiger partial charge in [0.2, 0.25) is 5.91 Å². The normalized spacial score (nSPS) is 14.8. The standard InChI is InChI=1S/C12H10N4O4/c17-10-4-3-8(15-16-10)11(18)13-6-1-2-7-9(5-6)20-12(19)14-7/h1-2,5H,3-4H2,(H,13,18)(H,14,19)(H,16,17). The van der Waals surface area contributed by atoms with Crippen LogP contribution in [0.5, 0.6) is 0 Å². The topological polar surface area (TPSA) is 117 Å². The molecule has 20 heavy (non-hydrogen) atoms. The fourth-order valence-corrected chi connectivity index (χ4v) is 1.86. The van der Waals surface area contributed by atoms with Crippen molar-refractivity contribution in [2.45, 2.75) is 12.8 Å². The smallest absolute Gasteiger partial charge is 0.408 e. The number of nitrogens with zero attached hydrogens (tertiary/aromatic N) is 1. The number of carbonyl (C=O) groups is 2. The van der Waals surface area contributed by atoms with Gasteiger partial charge in [0.1, 0.15) is 5.71 Å². The predicted octanol–water partition coefficient (Wildman–Crippen LogP) is 0.326. The zero-order valence-electron chi connectivity index (χ0n) is 10.2. The molecule has 0 unspecified atom stereocenters. The minimum Gasteiger partial charge on any atom is -0.408 e. The third kappa shape index (κ3) is 2.30. The lowest BCUT2D eigenvalue weighted by atomic mass is 10.1. The van der Waals surface area contributed by atoms with Crippen LogP contribution in [0.15, 0.2) is 32.5 Å². The molecule has 0 spiro atoms. The summed E-state index contributed by atoms with van der Waals surface area (Å²) in [6.45, 7) is 0. The van der Waals surface area contributed by atoms with Gasteiger partial charge in [0.05, 0.1) is 5.52 Å².